The first kappa shape index (κ1) is 19.7. The van der Waals surface area contributed by atoms with Crippen LogP contribution in [0.1, 0.15) is 12.0 Å². The Morgan fingerprint density at radius 2 is 1.79 bits per heavy atom. The first-order chi connectivity index (χ1) is 14.0. The summed E-state index contributed by atoms with van der Waals surface area (Å²) in [7, 11) is 1.76. The summed E-state index contributed by atoms with van der Waals surface area (Å²) in [5.41, 5.74) is 4.18. The van der Waals surface area contributed by atoms with E-state index in [2.05, 4.69) is 46.3 Å². The van der Waals surface area contributed by atoms with Gasteiger partial charge in [-0.2, -0.15) is 0 Å². The average Bonchev–Trinajstić information content (AvgIpc) is 3.00. The van der Waals surface area contributed by atoms with Gasteiger partial charge in [-0.1, -0.05) is 29.0 Å². The molecular formula is C22H26N4O2S. The molecule has 7 heteroatoms. The average molecular weight is 411 g/mol. The third-order valence-corrected chi connectivity index (χ3v) is 6.50. The van der Waals surface area contributed by atoms with Crippen molar-refractivity contribution in [2.24, 2.45) is 7.05 Å². The second-order valence-electron chi connectivity index (χ2n) is 7.57. The Hall–Kier alpha value is -2.64. The van der Waals surface area contributed by atoms with Gasteiger partial charge in [0, 0.05) is 57.6 Å². The predicted molar refractivity (Wildman–Crippen MR) is 120 cm³/mol. The lowest BCUT2D eigenvalue weighted by atomic mass is 10.2. The number of carbonyl (C=O) groups is 1. The normalized spacial score (nSPS) is 15.0. The molecule has 152 valence electrons. The molecule has 1 aromatic heterocycles. The number of piperazine rings is 1. The topological polar surface area (TPSA) is 57.6 Å². The van der Waals surface area contributed by atoms with E-state index in [-0.39, 0.29) is 10.8 Å². The SMILES string of the molecule is Cc1ccc(N2CCN(CCC(=O)Nc3ccc4c(c3)sc(=O)n4C)CC2)cc1. The maximum absolute atomic E-state index is 12.4. The van der Waals surface area contributed by atoms with Gasteiger partial charge in [0.05, 0.1) is 10.2 Å². The van der Waals surface area contributed by atoms with Crippen molar-refractivity contribution >= 4 is 38.8 Å². The largest absolute Gasteiger partial charge is 0.369 e. The van der Waals surface area contributed by atoms with Crippen LogP contribution in [0.15, 0.2) is 47.3 Å². The first-order valence-corrected chi connectivity index (χ1v) is 10.7. The fraction of sp³-hybridized carbons (Fsp3) is 0.364. The minimum absolute atomic E-state index is 0.00764. The van der Waals surface area contributed by atoms with E-state index in [0.717, 1.165) is 48.6 Å². The molecule has 6 nitrogen and oxygen atoms in total. The summed E-state index contributed by atoms with van der Waals surface area (Å²) in [5, 5.41) is 2.96. The molecule has 3 aromatic rings. The van der Waals surface area contributed by atoms with Crippen LogP contribution in [0, 0.1) is 6.92 Å². The number of carbonyl (C=O) groups excluding carboxylic acids is 1. The standard InChI is InChI=1S/C22H26N4O2S/c1-16-3-6-18(7-4-16)26-13-11-25(12-14-26)10-9-21(27)23-17-5-8-19-20(15-17)29-22(28)24(19)2/h3-8,15H,9-14H2,1-2H3,(H,23,27). The van der Waals surface area contributed by atoms with E-state index >= 15 is 0 Å². The van der Waals surface area contributed by atoms with E-state index in [1.54, 1.807) is 11.6 Å². The van der Waals surface area contributed by atoms with Crippen LogP contribution < -0.4 is 15.1 Å². The van der Waals surface area contributed by atoms with Crippen molar-refractivity contribution in [2.45, 2.75) is 13.3 Å². The van der Waals surface area contributed by atoms with E-state index in [0.29, 0.717) is 6.42 Å². The molecule has 1 aliphatic rings. The summed E-state index contributed by atoms with van der Waals surface area (Å²) in [6, 6.07) is 14.3. The molecule has 29 heavy (non-hydrogen) atoms. The zero-order valence-electron chi connectivity index (χ0n) is 16.9. The van der Waals surface area contributed by atoms with Crippen molar-refractivity contribution in [3.63, 3.8) is 0 Å². The van der Waals surface area contributed by atoms with Gasteiger partial charge in [-0.3, -0.25) is 14.5 Å². The number of benzene rings is 2. The Labute approximate surface area is 174 Å². The van der Waals surface area contributed by atoms with Gasteiger partial charge in [0.2, 0.25) is 5.91 Å². The van der Waals surface area contributed by atoms with Crippen LogP contribution in [0.4, 0.5) is 11.4 Å². The maximum atomic E-state index is 12.4. The second-order valence-corrected chi connectivity index (χ2v) is 8.57. The molecule has 0 aliphatic carbocycles. The Morgan fingerprint density at radius 3 is 2.52 bits per heavy atom. The number of rotatable bonds is 5. The quantitative estimate of drug-likeness (QED) is 0.702. The molecule has 0 radical (unpaired) electrons. The zero-order chi connectivity index (χ0) is 20.4. The van der Waals surface area contributed by atoms with Crippen molar-refractivity contribution in [1.82, 2.24) is 9.47 Å². The van der Waals surface area contributed by atoms with Crippen LogP contribution in [-0.2, 0) is 11.8 Å². The lowest BCUT2D eigenvalue weighted by Gasteiger charge is -2.36. The summed E-state index contributed by atoms with van der Waals surface area (Å²) in [5.74, 6) is 0.00796. The Balaban J connectivity index is 1.26. The van der Waals surface area contributed by atoms with E-state index in [1.807, 2.05) is 18.2 Å². The molecule has 0 spiro atoms. The van der Waals surface area contributed by atoms with Crippen LogP contribution in [0.5, 0.6) is 0 Å². The molecule has 1 saturated heterocycles. The highest BCUT2D eigenvalue weighted by molar-refractivity contribution is 7.16. The summed E-state index contributed by atoms with van der Waals surface area (Å²) in [6.07, 6.45) is 0.466. The Morgan fingerprint density at radius 1 is 1.07 bits per heavy atom. The smallest absolute Gasteiger partial charge is 0.307 e. The minimum Gasteiger partial charge on any atom is -0.369 e. The molecule has 2 heterocycles. The molecule has 0 saturated carbocycles. The van der Waals surface area contributed by atoms with Crippen molar-refractivity contribution in [1.29, 1.82) is 0 Å². The van der Waals surface area contributed by atoms with E-state index < -0.39 is 0 Å². The van der Waals surface area contributed by atoms with Gasteiger partial charge >= 0.3 is 4.87 Å². The van der Waals surface area contributed by atoms with Gasteiger partial charge in [0.15, 0.2) is 0 Å². The number of fused-ring (bicyclic) bond motifs is 1. The van der Waals surface area contributed by atoms with Gasteiger partial charge in [-0.15, -0.1) is 0 Å². The number of hydrogen-bond acceptors (Lipinski definition) is 5. The summed E-state index contributed by atoms with van der Waals surface area (Å²) in [6.45, 7) is 6.75. The molecule has 0 bridgehead atoms. The minimum atomic E-state index is 0.00764. The fourth-order valence-electron chi connectivity index (χ4n) is 3.68. The predicted octanol–water partition coefficient (Wildman–Crippen LogP) is 3.06. The number of nitrogens with one attached hydrogen (secondary N) is 1. The van der Waals surface area contributed by atoms with Crippen LogP contribution in [0.3, 0.4) is 0 Å². The second kappa shape index (κ2) is 8.39. The number of amides is 1. The van der Waals surface area contributed by atoms with Gasteiger partial charge in [0.1, 0.15) is 0 Å². The third kappa shape index (κ3) is 4.52. The number of nitrogens with zero attached hydrogens (tertiary/aromatic N) is 3. The van der Waals surface area contributed by atoms with E-state index in [9.17, 15) is 9.59 Å². The highest BCUT2D eigenvalue weighted by Crippen LogP contribution is 2.21. The maximum Gasteiger partial charge on any atom is 0.307 e. The van der Waals surface area contributed by atoms with Crippen LogP contribution in [0.2, 0.25) is 0 Å². The third-order valence-electron chi connectivity index (χ3n) is 5.50. The lowest BCUT2D eigenvalue weighted by molar-refractivity contribution is -0.116. The molecule has 1 fully saturated rings. The first-order valence-electron chi connectivity index (χ1n) is 9.93. The molecule has 1 amide bonds. The molecule has 0 unspecified atom stereocenters. The molecule has 4 rings (SSSR count). The Kier molecular flexibility index (Phi) is 5.69. The van der Waals surface area contributed by atoms with E-state index in [1.165, 1.54) is 22.6 Å². The molecule has 1 N–H and O–H groups in total. The van der Waals surface area contributed by atoms with Gasteiger partial charge < -0.3 is 14.8 Å². The lowest BCUT2D eigenvalue weighted by Crippen LogP contribution is -2.47. The van der Waals surface area contributed by atoms with Crippen molar-refractivity contribution in [2.75, 3.05) is 42.9 Å². The fourth-order valence-corrected chi connectivity index (χ4v) is 4.60. The summed E-state index contributed by atoms with van der Waals surface area (Å²) >= 11 is 1.20. The molecular weight excluding hydrogens is 384 g/mol. The number of anilines is 2. The number of thiazole rings is 1. The highest BCUT2D eigenvalue weighted by Gasteiger charge is 2.18. The number of aromatic nitrogens is 1. The molecule has 1 aliphatic heterocycles. The molecule has 2 aromatic carbocycles. The van der Waals surface area contributed by atoms with E-state index in [4.69, 9.17) is 0 Å². The van der Waals surface area contributed by atoms with Crippen molar-refractivity contribution in [3.05, 3.63) is 57.7 Å². The number of aryl methyl sites for hydroxylation is 2. The number of hydrogen-bond donors (Lipinski definition) is 1. The summed E-state index contributed by atoms with van der Waals surface area (Å²) in [4.78, 5) is 28.9. The molecule has 0 atom stereocenters. The highest BCUT2D eigenvalue weighted by atomic mass is 32.1. The zero-order valence-corrected chi connectivity index (χ0v) is 17.7. The van der Waals surface area contributed by atoms with Gasteiger partial charge in [0.25, 0.3) is 0 Å². The Bertz CT molecular complexity index is 1060. The monoisotopic (exact) mass is 410 g/mol. The van der Waals surface area contributed by atoms with Crippen LogP contribution in [-0.4, -0.2) is 48.1 Å². The van der Waals surface area contributed by atoms with Gasteiger partial charge in [-0.25, -0.2) is 0 Å². The van der Waals surface area contributed by atoms with Crippen molar-refractivity contribution in [3.8, 4) is 0 Å². The van der Waals surface area contributed by atoms with Crippen LogP contribution in [0.25, 0.3) is 10.2 Å². The van der Waals surface area contributed by atoms with Gasteiger partial charge in [-0.05, 0) is 37.3 Å². The summed E-state index contributed by atoms with van der Waals surface area (Å²) < 4.78 is 2.52. The van der Waals surface area contributed by atoms with Crippen molar-refractivity contribution < 1.29 is 4.79 Å². The van der Waals surface area contributed by atoms with Crippen LogP contribution >= 0.6 is 11.3 Å².